The summed E-state index contributed by atoms with van der Waals surface area (Å²) in [7, 11) is 0. The number of pyridine rings is 1. The van der Waals surface area contributed by atoms with E-state index in [1.165, 1.54) is 0 Å². The quantitative estimate of drug-likeness (QED) is 0.572. The molecule has 0 aromatic carbocycles. The van der Waals surface area contributed by atoms with Gasteiger partial charge in [-0.3, -0.25) is 0 Å². The fraction of sp³-hybridized carbons (Fsp3) is 0.333. The lowest BCUT2D eigenvalue weighted by molar-refractivity contribution is 0.0684. The first kappa shape index (κ1) is 21.0. The van der Waals surface area contributed by atoms with Gasteiger partial charge in [0.15, 0.2) is 0 Å². The van der Waals surface area contributed by atoms with Crippen LogP contribution in [0.2, 0.25) is 5.15 Å². The van der Waals surface area contributed by atoms with E-state index in [1.54, 1.807) is 24.5 Å². The second-order valence-electron chi connectivity index (χ2n) is 7.14. The molecule has 0 aliphatic heterocycles. The molecular formula is C21H24ClN5O2. The van der Waals surface area contributed by atoms with Crippen LogP contribution < -0.4 is 5.32 Å². The highest BCUT2D eigenvalue weighted by atomic mass is 35.5. The molecule has 0 fully saturated rings. The summed E-state index contributed by atoms with van der Waals surface area (Å²) in [6.45, 7) is 8.83. The van der Waals surface area contributed by atoms with Crippen molar-refractivity contribution >= 4 is 17.6 Å². The van der Waals surface area contributed by atoms with Gasteiger partial charge in [-0.15, -0.1) is 0 Å². The molecule has 0 aliphatic carbocycles. The van der Waals surface area contributed by atoms with Gasteiger partial charge in [0.05, 0.1) is 5.69 Å². The molecule has 0 bridgehead atoms. The zero-order valence-corrected chi connectivity index (χ0v) is 17.7. The number of halogens is 1. The van der Waals surface area contributed by atoms with Gasteiger partial charge in [-0.25, -0.2) is 19.7 Å². The number of nitrogens with one attached hydrogen (secondary N) is 1. The van der Waals surface area contributed by atoms with Gasteiger partial charge in [-0.2, -0.15) is 0 Å². The Morgan fingerprint density at radius 3 is 2.69 bits per heavy atom. The summed E-state index contributed by atoms with van der Waals surface area (Å²) in [6, 6.07) is 5.37. The molecule has 3 aromatic heterocycles. The van der Waals surface area contributed by atoms with Crippen molar-refractivity contribution in [1.82, 2.24) is 24.8 Å². The monoisotopic (exact) mass is 413 g/mol. The smallest absolute Gasteiger partial charge is 0.352 e. The molecule has 3 aromatic rings. The predicted molar refractivity (Wildman–Crippen MR) is 112 cm³/mol. The Bertz CT molecular complexity index is 1050. The number of aromatic nitrogens is 4. The summed E-state index contributed by atoms with van der Waals surface area (Å²) in [4.78, 5) is 24.4. The van der Waals surface area contributed by atoms with Gasteiger partial charge in [0.2, 0.25) is 0 Å². The van der Waals surface area contributed by atoms with Crippen molar-refractivity contribution in [3.8, 4) is 11.1 Å². The van der Waals surface area contributed by atoms with Gasteiger partial charge in [-0.1, -0.05) is 11.6 Å². The fourth-order valence-corrected chi connectivity index (χ4v) is 3.50. The molecule has 0 radical (unpaired) electrons. The number of hydrogen-bond acceptors (Lipinski definition) is 5. The van der Waals surface area contributed by atoms with Crippen LogP contribution in [0, 0.1) is 20.8 Å². The zero-order chi connectivity index (χ0) is 21.1. The normalized spacial score (nSPS) is 12.2. The first-order chi connectivity index (χ1) is 13.8. The lowest BCUT2D eigenvalue weighted by atomic mass is 10.0. The second kappa shape index (κ2) is 8.71. The highest BCUT2D eigenvalue weighted by molar-refractivity contribution is 6.29. The predicted octanol–water partition coefficient (Wildman–Crippen LogP) is 3.80. The number of aryl methyl sites for hydroxylation is 2. The number of carboxylic acid groups (broad SMARTS) is 1. The van der Waals surface area contributed by atoms with Gasteiger partial charge >= 0.3 is 5.97 Å². The van der Waals surface area contributed by atoms with Crippen molar-refractivity contribution in [2.75, 3.05) is 0 Å². The molecule has 7 nitrogen and oxygen atoms in total. The largest absolute Gasteiger partial charge is 0.477 e. The number of aromatic carboxylic acids is 1. The standard InChI is InChI=1S/C21H24ClN5O2/c1-12-9-25-20(22)8-17(12)18-7-19(21(28)29)27(14(18)3)11-13(2)24-10-16-5-6-23-15(4)26-16/h5-9,13,24H,10-11H2,1-4H3,(H,28,29). The zero-order valence-electron chi connectivity index (χ0n) is 16.9. The van der Waals surface area contributed by atoms with Crippen molar-refractivity contribution in [2.45, 2.75) is 46.8 Å². The van der Waals surface area contributed by atoms with Gasteiger partial charge in [0.1, 0.15) is 16.7 Å². The Balaban J connectivity index is 1.85. The molecule has 3 rings (SSSR count). The first-order valence-electron chi connectivity index (χ1n) is 9.34. The van der Waals surface area contributed by atoms with Crippen molar-refractivity contribution in [2.24, 2.45) is 0 Å². The fourth-order valence-electron chi connectivity index (χ4n) is 3.34. The Labute approximate surface area is 174 Å². The number of carbonyl (C=O) groups is 1. The summed E-state index contributed by atoms with van der Waals surface area (Å²) >= 11 is 6.07. The van der Waals surface area contributed by atoms with Crippen LogP contribution in [-0.4, -0.2) is 36.6 Å². The average Bonchev–Trinajstić information content (AvgIpc) is 2.99. The Morgan fingerprint density at radius 2 is 2.00 bits per heavy atom. The molecule has 1 atom stereocenters. The van der Waals surface area contributed by atoms with E-state index in [9.17, 15) is 9.90 Å². The van der Waals surface area contributed by atoms with Gasteiger partial charge in [0.25, 0.3) is 0 Å². The van der Waals surface area contributed by atoms with Gasteiger partial charge in [0, 0.05) is 42.8 Å². The van der Waals surface area contributed by atoms with E-state index in [0.29, 0.717) is 18.2 Å². The maximum Gasteiger partial charge on any atom is 0.352 e. The van der Waals surface area contributed by atoms with Crippen LogP contribution in [-0.2, 0) is 13.1 Å². The number of nitrogens with zero attached hydrogens (tertiary/aromatic N) is 4. The van der Waals surface area contributed by atoms with Crippen LogP contribution in [0.1, 0.15) is 40.2 Å². The molecule has 29 heavy (non-hydrogen) atoms. The van der Waals surface area contributed by atoms with E-state index in [0.717, 1.165) is 33.9 Å². The third-order valence-corrected chi connectivity index (χ3v) is 5.07. The summed E-state index contributed by atoms with van der Waals surface area (Å²) < 4.78 is 1.83. The number of rotatable bonds is 7. The van der Waals surface area contributed by atoms with Crippen LogP contribution in [0.15, 0.2) is 30.6 Å². The Kier molecular flexibility index (Phi) is 6.30. The van der Waals surface area contributed by atoms with Crippen LogP contribution in [0.4, 0.5) is 0 Å². The van der Waals surface area contributed by atoms with E-state index in [1.807, 2.05) is 38.3 Å². The van der Waals surface area contributed by atoms with Crippen LogP contribution >= 0.6 is 11.6 Å². The number of hydrogen-bond donors (Lipinski definition) is 2. The highest BCUT2D eigenvalue weighted by Crippen LogP contribution is 2.31. The van der Waals surface area contributed by atoms with E-state index in [-0.39, 0.29) is 11.7 Å². The Hall–Kier alpha value is -2.77. The third kappa shape index (κ3) is 4.81. The molecule has 152 valence electrons. The molecular weight excluding hydrogens is 390 g/mol. The molecule has 3 heterocycles. The van der Waals surface area contributed by atoms with Crippen molar-refractivity contribution < 1.29 is 9.90 Å². The highest BCUT2D eigenvalue weighted by Gasteiger charge is 2.20. The topological polar surface area (TPSA) is 92.9 Å². The SMILES string of the molecule is Cc1nccc(CNC(C)Cn2c(C(=O)O)cc(-c3cc(Cl)ncc3C)c2C)n1. The lowest BCUT2D eigenvalue weighted by Gasteiger charge is -2.18. The van der Waals surface area contributed by atoms with Gasteiger partial charge in [-0.05, 0) is 57.0 Å². The number of carboxylic acids is 1. The van der Waals surface area contributed by atoms with Crippen molar-refractivity contribution in [3.05, 3.63) is 64.2 Å². The van der Waals surface area contributed by atoms with E-state index >= 15 is 0 Å². The maximum atomic E-state index is 11.9. The molecule has 0 amide bonds. The van der Waals surface area contributed by atoms with E-state index in [4.69, 9.17) is 11.6 Å². The molecule has 1 unspecified atom stereocenters. The minimum absolute atomic E-state index is 0.0319. The molecule has 0 aliphatic rings. The Morgan fingerprint density at radius 1 is 1.24 bits per heavy atom. The molecule has 2 N–H and O–H groups in total. The van der Waals surface area contributed by atoms with Crippen LogP contribution in [0.25, 0.3) is 11.1 Å². The second-order valence-corrected chi connectivity index (χ2v) is 7.53. The minimum Gasteiger partial charge on any atom is -0.477 e. The van der Waals surface area contributed by atoms with Gasteiger partial charge < -0.3 is 15.0 Å². The van der Waals surface area contributed by atoms with Crippen LogP contribution in [0.5, 0.6) is 0 Å². The summed E-state index contributed by atoms with van der Waals surface area (Å²) in [5.74, 6) is -0.238. The molecule has 8 heteroatoms. The maximum absolute atomic E-state index is 11.9. The minimum atomic E-state index is -0.962. The van der Waals surface area contributed by atoms with Crippen LogP contribution in [0.3, 0.4) is 0 Å². The molecule has 0 spiro atoms. The lowest BCUT2D eigenvalue weighted by Crippen LogP contribution is -2.31. The summed E-state index contributed by atoms with van der Waals surface area (Å²) in [6.07, 6.45) is 3.43. The van der Waals surface area contributed by atoms with E-state index < -0.39 is 5.97 Å². The molecule has 0 saturated heterocycles. The van der Waals surface area contributed by atoms with Crippen molar-refractivity contribution in [3.63, 3.8) is 0 Å². The summed E-state index contributed by atoms with van der Waals surface area (Å²) in [5.41, 5.74) is 4.70. The first-order valence-corrected chi connectivity index (χ1v) is 9.72. The average molecular weight is 414 g/mol. The van der Waals surface area contributed by atoms with E-state index in [2.05, 4.69) is 20.3 Å². The molecule has 0 saturated carbocycles. The summed E-state index contributed by atoms with van der Waals surface area (Å²) in [5, 5.41) is 13.5. The van der Waals surface area contributed by atoms with Crippen molar-refractivity contribution in [1.29, 1.82) is 0 Å². The third-order valence-electron chi connectivity index (χ3n) is 4.87.